The summed E-state index contributed by atoms with van der Waals surface area (Å²) in [6.07, 6.45) is 5.50. The largest absolute Gasteiger partial charge is 0.332 e. The van der Waals surface area contributed by atoms with Gasteiger partial charge < -0.3 is 10.3 Å². The molecule has 1 saturated carbocycles. The van der Waals surface area contributed by atoms with Gasteiger partial charge in [-0.1, -0.05) is 0 Å². The van der Waals surface area contributed by atoms with Crippen LogP contribution in [0.1, 0.15) is 30.4 Å². The molecule has 1 aliphatic rings. The number of carbonyl (C=O) groups excluding carboxylic acids is 1. The second-order valence-electron chi connectivity index (χ2n) is 4.25. The van der Waals surface area contributed by atoms with Crippen LogP contribution in [0, 0.1) is 5.92 Å². The first-order valence-electron chi connectivity index (χ1n) is 4.84. The fourth-order valence-corrected chi connectivity index (χ4v) is 1.69. The maximum Gasteiger partial charge on any atom is 0.217 e. The molecule has 1 heterocycles. The lowest BCUT2D eigenvalue weighted by Gasteiger charge is -2.21. The third-order valence-electron chi connectivity index (χ3n) is 2.94. The van der Waals surface area contributed by atoms with Crippen molar-refractivity contribution in [2.45, 2.75) is 25.3 Å². The molecule has 0 saturated heterocycles. The van der Waals surface area contributed by atoms with Crippen molar-refractivity contribution in [2.75, 3.05) is 0 Å². The number of ketones is 1. The Labute approximate surface area is 83.1 Å². The Morgan fingerprint density at radius 1 is 1.71 bits per heavy atom. The summed E-state index contributed by atoms with van der Waals surface area (Å²) < 4.78 is 1.72. The number of imidazole rings is 1. The molecule has 0 spiro atoms. The first-order chi connectivity index (χ1) is 6.53. The Morgan fingerprint density at radius 3 is 2.79 bits per heavy atom. The van der Waals surface area contributed by atoms with Gasteiger partial charge in [0.1, 0.15) is 0 Å². The van der Waals surface area contributed by atoms with Crippen LogP contribution in [0.15, 0.2) is 12.4 Å². The maximum absolute atomic E-state index is 12.0. The Hall–Kier alpha value is -1.16. The van der Waals surface area contributed by atoms with Gasteiger partial charge in [-0.3, -0.25) is 4.79 Å². The van der Waals surface area contributed by atoms with Gasteiger partial charge in [-0.25, -0.2) is 4.98 Å². The molecule has 0 radical (unpaired) electrons. The molecular formula is C10H15N3O. The lowest BCUT2D eigenvalue weighted by molar-refractivity contribution is 0.0869. The molecule has 4 nitrogen and oxygen atoms in total. The summed E-state index contributed by atoms with van der Waals surface area (Å²) in [4.78, 5) is 16.0. The third kappa shape index (κ3) is 1.35. The molecule has 1 aromatic heterocycles. The van der Waals surface area contributed by atoms with Gasteiger partial charge in [-0.05, 0) is 25.7 Å². The van der Waals surface area contributed by atoms with Gasteiger partial charge >= 0.3 is 0 Å². The number of aromatic nitrogens is 2. The van der Waals surface area contributed by atoms with Crippen LogP contribution in [-0.2, 0) is 7.05 Å². The van der Waals surface area contributed by atoms with E-state index in [9.17, 15) is 4.79 Å². The van der Waals surface area contributed by atoms with E-state index in [0.29, 0.717) is 11.7 Å². The van der Waals surface area contributed by atoms with Crippen LogP contribution in [0.5, 0.6) is 0 Å². The van der Waals surface area contributed by atoms with Crippen LogP contribution in [0.4, 0.5) is 0 Å². The Morgan fingerprint density at radius 2 is 2.36 bits per heavy atom. The summed E-state index contributed by atoms with van der Waals surface area (Å²) in [6, 6.07) is 0. The predicted octanol–water partition coefficient (Wildman–Crippen LogP) is 0.730. The van der Waals surface area contributed by atoms with Gasteiger partial charge in [-0.15, -0.1) is 0 Å². The zero-order chi connectivity index (χ0) is 10.3. The van der Waals surface area contributed by atoms with Gasteiger partial charge in [0.15, 0.2) is 5.82 Å². The minimum atomic E-state index is -0.737. The molecule has 14 heavy (non-hydrogen) atoms. The zero-order valence-electron chi connectivity index (χ0n) is 8.53. The zero-order valence-corrected chi connectivity index (χ0v) is 8.53. The number of hydrogen-bond acceptors (Lipinski definition) is 3. The first-order valence-corrected chi connectivity index (χ1v) is 4.84. The lowest BCUT2D eigenvalue weighted by Crippen LogP contribution is -2.48. The van der Waals surface area contributed by atoms with Gasteiger partial charge in [0.2, 0.25) is 5.78 Å². The number of nitrogens with two attached hydrogens (primary N) is 1. The topological polar surface area (TPSA) is 60.9 Å². The summed E-state index contributed by atoms with van der Waals surface area (Å²) in [5, 5.41) is 0. The summed E-state index contributed by atoms with van der Waals surface area (Å²) in [6.45, 7) is 1.81. The van der Waals surface area contributed by atoms with Crippen molar-refractivity contribution < 1.29 is 4.79 Å². The second-order valence-corrected chi connectivity index (χ2v) is 4.25. The Kier molecular flexibility index (Phi) is 1.96. The van der Waals surface area contributed by atoms with E-state index in [2.05, 4.69) is 4.98 Å². The Balaban J connectivity index is 2.27. The molecule has 2 N–H and O–H groups in total. The average molecular weight is 193 g/mol. The number of rotatable bonds is 3. The molecular weight excluding hydrogens is 178 g/mol. The number of Topliss-reactive ketones (excluding diaryl/α,β-unsaturated/α-hetero) is 1. The smallest absolute Gasteiger partial charge is 0.217 e. The van der Waals surface area contributed by atoms with E-state index in [0.717, 1.165) is 12.8 Å². The van der Waals surface area contributed by atoms with Crippen LogP contribution in [0.3, 0.4) is 0 Å². The molecule has 1 fully saturated rings. The van der Waals surface area contributed by atoms with Crippen LogP contribution in [0.2, 0.25) is 0 Å². The van der Waals surface area contributed by atoms with Gasteiger partial charge in [0.05, 0.1) is 5.54 Å². The number of carbonyl (C=O) groups is 1. The molecule has 2 rings (SSSR count). The number of hydrogen-bond donors (Lipinski definition) is 1. The van der Waals surface area contributed by atoms with E-state index in [-0.39, 0.29) is 5.78 Å². The first kappa shape index (κ1) is 9.40. The molecule has 0 bridgehead atoms. The normalized spacial score (nSPS) is 20.5. The van der Waals surface area contributed by atoms with Crippen LogP contribution in [-0.4, -0.2) is 20.9 Å². The van der Waals surface area contributed by atoms with E-state index in [4.69, 9.17) is 5.73 Å². The second kappa shape index (κ2) is 2.92. The molecule has 76 valence electrons. The van der Waals surface area contributed by atoms with Crippen LogP contribution >= 0.6 is 0 Å². The summed E-state index contributed by atoms with van der Waals surface area (Å²) in [5.74, 6) is 0.751. The summed E-state index contributed by atoms with van der Waals surface area (Å²) >= 11 is 0. The van der Waals surface area contributed by atoms with Gasteiger partial charge in [0.25, 0.3) is 0 Å². The van der Waals surface area contributed by atoms with Gasteiger partial charge in [0, 0.05) is 19.4 Å². The molecule has 4 heteroatoms. The highest BCUT2D eigenvalue weighted by molar-refractivity contribution is 6.00. The highest BCUT2D eigenvalue weighted by atomic mass is 16.1. The quantitative estimate of drug-likeness (QED) is 0.720. The highest BCUT2D eigenvalue weighted by Crippen LogP contribution is 2.39. The Bertz CT molecular complexity index is 363. The lowest BCUT2D eigenvalue weighted by atomic mass is 9.91. The SMILES string of the molecule is Cn1ccnc1C(=O)C(C)(N)C1CC1. The van der Waals surface area contributed by atoms with E-state index < -0.39 is 5.54 Å². The fourth-order valence-electron chi connectivity index (χ4n) is 1.69. The molecule has 1 aromatic rings. The minimum Gasteiger partial charge on any atom is -0.332 e. The van der Waals surface area contributed by atoms with E-state index in [1.165, 1.54) is 0 Å². The van der Waals surface area contributed by atoms with Crippen molar-refractivity contribution in [3.05, 3.63) is 18.2 Å². The molecule has 0 amide bonds. The standard InChI is InChI=1S/C10H15N3O/c1-10(11,7-3-4-7)8(14)9-12-5-6-13(9)2/h5-7H,3-4,11H2,1-2H3. The minimum absolute atomic E-state index is 0.0486. The van der Waals surface area contributed by atoms with Gasteiger partial charge in [-0.2, -0.15) is 0 Å². The third-order valence-corrected chi connectivity index (χ3v) is 2.94. The van der Waals surface area contributed by atoms with Crippen molar-refractivity contribution in [1.82, 2.24) is 9.55 Å². The number of nitrogens with zero attached hydrogens (tertiary/aromatic N) is 2. The molecule has 1 unspecified atom stereocenters. The van der Waals surface area contributed by atoms with Crippen LogP contribution < -0.4 is 5.73 Å². The summed E-state index contributed by atoms with van der Waals surface area (Å²) in [5.41, 5.74) is 5.29. The van der Waals surface area contributed by atoms with Crippen molar-refractivity contribution >= 4 is 5.78 Å². The number of aryl methyl sites for hydroxylation is 1. The highest BCUT2D eigenvalue weighted by Gasteiger charge is 2.45. The molecule has 0 aromatic carbocycles. The monoisotopic (exact) mass is 193 g/mol. The van der Waals surface area contributed by atoms with Crippen molar-refractivity contribution in [3.63, 3.8) is 0 Å². The average Bonchev–Trinajstić information content (AvgIpc) is 2.89. The van der Waals surface area contributed by atoms with Crippen molar-refractivity contribution in [3.8, 4) is 0 Å². The van der Waals surface area contributed by atoms with E-state index in [1.807, 2.05) is 14.0 Å². The molecule has 0 aliphatic heterocycles. The van der Waals surface area contributed by atoms with E-state index in [1.54, 1.807) is 17.0 Å². The maximum atomic E-state index is 12.0. The van der Waals surface area contributed by atoms with Crippen molar-refractivity contribution in [1.29, 1.82) is 0 Å². The summed E-state index contributed by atoms with van der Waals surface area (Å²) in [7, 11) is 1.81. The fraction of sp³-hybridized carbons (Fsp3) is 0.600. The van der Waals surface area contributed by atoms with Crippen LogP contribution in [0.25, 0.3) is 0 Å². The van der Waals surface area contributed by atoms with E-state index >= 15 is 0 Å². The molecule has 1 atom stereocenters. The molecule has 1 aliphatic carbocycles. The predicted molar refractivity (Wildman–Crippen MR) is 52.9 cm³/mol. The van der Waals surface area contributed by atoms with Crippen molar-refractivity contribution in [2.24, 2.45) is 18.7 Å².